The molecule has 0 saturated carbocycles. The molecule has 3 N–H and O–H groups in total. The van der Waals surface area contributed by atoms with Gasteiger partial charge in [0.1, 0.15) is 5.60 Å². The minimum absolute atomic E-state index is 0.211. The number of carbonyl (C=O) groups is 1. The van der Waals surface area contributed by atoms with Crippen molar-refractivity contribution in [1.82, 2.24) is 0 Å². The van der Waals surface area contributed by atoms with Crippen LogP contribution >= 0.6 is 0 Å². The normalized spacial score (nSPS) is 14.6. The fourth-order valence-corrected chi connectivity index (χ4v) is 0.650. The third-order valence-electron chi connectivity index (χ3n) is 1.51. The summed E-state index contributed by atoms with van der Waals surface area (Å²) in [6, 6.07) is -0.260. The van der Waals surface area contributed by atoms with E-state index < -0.39 is 5.60 Å². The van der Waals surface area contributed by atoms with Crippen LogP contribution in [0, 0.1) is 5.92 Å². The van der Waals surface area contributed by atoms with Crippen molar-refractivity contribution >= 4 is 5.97 Å². The topological polar surface area (TPSA) is 53.9 Å². The van der Waals surface area contributed by atoms with E-state index in [1.807, 2.05) is 34.6 Å². The van der Waals surface area contributed by atoms with Gasteiger partial charge >= 0.3 is 5.97 Å². The van der Waals surface area contributed by atoms with Gasteiger partial charge in [0.2, 0.25) is 0 Å². The Bertz CT molecular complexity index is 158. The summed E-state index contributed by atoms with van der Waals surface area (Å²) in [4.78, 5) is 11.3. The monoisotopic (exact) mass is 174 g/mol. The molecule has 12 heavy (non-hydrogen) atoms. The van der Waals surface area contributed by atoms with Crippen molar-refractivity contribution in [3.63, 3.8) is 0 Å². The number of rotatable bonds is 2. The van der Waals surface area contributed by atoms with Gasteiger partial charge in [-0.05, 0) is 20.8 Å². The Hall–Kier alpha value is -0.570. The Balaban J connectivity index is 4.05. The summed E-state index contributed by atoms with van der Waals surface area (Å²) in [5.74, 6) is 0.0253. The van der Waals surface area contributed by atoms with E-state index in [2.05, 4.69) is 5.73 Å². The van der Waals surface area contributed by atoms with Crippen LogP contribution in [0.1, 0.15) is 34.6 Å². The first-order valence-electron chi connectivity index (χ1n) is 4.30. The van der Waals surface area contributed by atoms with Gasteiger partial charge in [0.25, 0.3) is 0 Å². The van der Waals surface area contributed by atoms with E-state index in [4.69, 9.17) is 4.74 Å². The van der Waals surface area contributed by atoms with E-state index in [1.165, 1.54) is 0 Å². The Morgan fingerprint density at radius 1 is 1.33 bits per heavy atom. The van der Waals surface area contributed by atoms with Gasteiger partial charge in [0.15, 0.2) is 6.04 Å². The number of ether oxygens (including phenoxy) is 1. The second kappa shape index (κ2) is 3.90. The maximum absolute atomic E-state index is 11.3. The lowest BCUT2D eigenvalue weighted by molar-refractivity contribution is -0.419. The SMILES string of the molecule is CC(C)[C@@H]([NH3+])C(=O)OC(C)(C)C. The van der Waals surface area contributed by atoms with Crippen LogP contribution in [0.5, 0.6) is 0 Å². The molecule has 0 aliphatic carbocycles. The van der Waals surface area contributed by atoms with Crippen molar-refractivity contribution in [2.75, 3.05) is 0 Å². The molecule has 0 heterocycles. The molecular weight excluding hydrogens is 154 g/mol. The largest absolute Gasteiger partial charge is 0.456 e. The number of hydrogen-bond donors (Lipinski definition) is 1. The zero-order chi connectivity index (χ0) is 9.94. The maximum Gasteiger partial charge on any atom is 0.365 e. The standard InChI is InChI=1S/C9H19NO2/c1-6(2)7(10)8(11)12-9(3,4)5/h6-7H,10H2,1-5H3/p+1/t7-/m1/s1. The van der Waals surface area contributed by atoms with Crippen molar-refractivity contribution in [1.29, 1.82) is 0 Å². The van der Waals surface area contributed by atoms with Gasteiger partial charge < -0.3 is 10.5 Å². The van der Waals surface area contributed by atoms with Crippen molar-refractivity contribution in [3.8, 4) is 0 Å². The van der Waals surface area contributed by atoms with E-state index >= 15 is 0 Å². The van der Waals surface area contributed by atoms with Crippen LogP contribution < -0.4 is 5.73 Å². The van der Waals surface area contributed by atoms with Crippen molar-refractivity contribution in [2.45, 2.75) is 46.3 Å². The molecule has 0 fully saturated rings. The lowest BCUT2D eigenvalue weighted by Crippen LogP contribution is -2.68. The third kappa shape index (κ3) is 4.34. The number of quaternary nitrogens is 1. The summed E-state index contributed by atoms with van der Waals surface area (Å²) in [5.41, 5.74) is 3.35. The summed E-state index contributed by atoms with van der Waals surface area (Å²) in [6.45, 7) is 9.50. The number of carbonyl (C=O) groups excluding carboxylic acids is 1. The van der Waals surface area contributed by atoms with Crippen LogP contribution in [-0.2, 0) is 9.53 Å². The minimum atomic E-state index is -0.401. The maximum atomic E-state index is 11.3. The van der Waals surface area contributed by atoms with Gasteiger partial charge in [0, 0.05) is 5.92 Å². The molecule has 0 aromatic heterocycles. The molecule has 0 amide bonds. The quantitative estimate of drug-likeness (QED) is 0.623. The fourth-order valence-electron chi connectivity index (χ4n) is 0.650. The summed E-state index contributed by atoms with van der Waals surface area (Å²) >= 11 is 0. The molecule has 3 nitrogen and oxygen atoms in total. The van der Waals surface area contributed by atoms with Crippen LogP contribution in [0.2, 0.25) is 0 Å². The summed E-state index contributed by atoms with van der Waals surface area (Å²) in [6.07, 6.45) is 0. The van der Waals surface area contributed by atoms with E-state index in [1.54, 1.807) is 0 Å². The van der Waals surface area contributed by atoms with E-state index in [-0.39, 0.29) is 17.9 Å². The van der Waals surface area contributed by atoms with E-state index in [0.717, 1.165) is 0 Å². The highest BCUT2D eigenvalue weighted by Gasteiger charge is 2.26. The molecule has 0 radical (unpaired) electrons. The molecule has 0 spiro atoms. The molecule has 0 aliphatic rings. The van der Waals surface area contributed by atoms with Crippen molar-refractivity contribution in [2.24, 2.45) is 5.92 Å². The molecule has 0 saturated heterocycles. The first-order valence-corrected chi connectivity index (χ1v) is 4.30. The van der Waals surface area contributed by atoms with Gasteiger partial charge in [-0.15, -0.1) is 0 Å². The van der Waals surface area contributed by atoms with Gasteiger partial charge in [-0.25, -0.2) is 4.79 Å². The van der Waals surface area contributed by atoms with Gasteiger partial charge in [-0.1, -0.05) is 13.8 Å². The highest BCUT2D eigenvalue weighted by molar-refractivity contribution is 5.74. The van der Waals surface area contributed by atoms with E-state index in [0.29, 0.717) is 0 Å². The zero-order valence-electron chi connectivity index (χ0n) is 8.68. The van der Waals surface area contributed by atoms with Crippen molar-refractivity contribution in [3.05, 3.63) is 0 Å². The minimum Gasteiger partial charge on any atom is -0.456 e. The molecule has 0 aromatic rings. The molecule has 1 atom stereocenters. The number of esters is 1. The molecule has 0 aromatic carbocycles. The van der Waals surface area contributed by atoms with Gasteiger partial charge in [-0.2, -0.15) is 0 Å². The molecule has 0 aliphatic heterocycles. The molecule has 0 unspecified atom stereocenters. The number of hydrogen-bond acceptors (Lipinski definition) is 2. The average molecular weight is 174 g/mol. The van der Waals surface area contributed by atoms with Gasteiger partial charge in [-0.3, -0.25) is 0 Å². The smallest absolute Gasteiger partial charge is 0.365 e. The lowest BCUT2D eigenvalue weighted by atomic mass is 10.1. The van der Waals surface area contributed by atoms with Crippen LogP contribution in [0.25, 0.3) is 0 Å². The first-order chi connectivity index (χ1) is 5.24. The first kappa shape index (κ1) is 11.4. The Morgan fingerprint density at radius 2 is 1.75 bits per heavy atom. The Morgan fingerprint density at radius 3 is 2.00 bits per heavy atom. The highest BCUT2D eigenvalue weighted by Crippen LogP contribution is 2.09. The average Bonchev–Trinajstić information content (AvgIpc) is 1.82. The fraction of sp³-hybridized carbons (Fsp3) is 0.889. The second-order valence-electron chi connectivity index (χ2n) is 4.38. The second-order valence-corrected chi connectivity index (χ2v) is 4.38. The molecular formula is C9H20NO2+. The Kier molecular flexibility index (Phi) is 3.71. The van der Waals surface area contributed by atoms with Crippen LogP contribution in [0.4, 0.5) is 0 Å². The summed E-state index contributed by atoms with van der Waals surface area (Å²) in [5, 5.41) is 0. The molecule has 0 bridgehead atoms. The predicted molar refractivity (Wildman–Crippen MR) is 47.4 cm³/mol. The van der Waals surface area contributed by atoms with Crippen LogP contribution in [0.15, 0.2) is 0 Å². The molecule has 0 rings (SSSR count). The summed E-state index contributed by atoms with van der Waals surface area (Å²) in [7, 11) is 0. The highest BCUT2D eigenvalue weighted by atomic mass is 16.6. The molecule has 3 heteroatoms. The van der Waals surface area contributed by atoms with Crippen LogP contribution in [0.3, 0.4) is 0 Å². The lowest BCUT2D eigenvalue weighted by Gasteiger charge is -2.21. The molecule has 72 valence electrons. The Labute approximate surface area is 74.3 Å². The zero-order valence-corrected chi connectivity index (χ0v) is 8.68. The van der Waals surface area contributed by atoms with E-state index in [9.17, 15) is 4.79 Å². The van der Waals surface area contributed by atoms with Gasteiger partial charge in [0.05, 0.1) is 0 Å². The van der Waals surface area contributed by atoms with Crippen LogP contribution in [-0.4, -0.2) is 17.6 Å². The third-order valence-corrected chi connectivity index (χ3v) is 1.51. The van der Waals surface area contributed by atoms with Crippen molar-refractivity contribution < 1.29 is 15.3 Å². The predicted octanol–water partition coefficient (Wildman–Crippen LogP) is 0.595. The summed E-state index contributed by atoms with van der Waals surface area (Å²) < 4.78 is 5.16.